The second kappa shape index (κ2) is 7.58. The summed E-state index contributed by atoms with van der Waals surface area (Å²) in [6, 6.07) is 10.4. The van der Waals surface area contributed by atoms with Crippen LogP contribution in [0.4, 0.5) is 0 Å². The van der Waals surface area contributed by atoms with Crippen molar-refractivity contribution < 1.29 is 17.4 Å². The predicted octanol–water partition coefficient (Wildman–Crippen LogP) is 4.27. The normalized spacial score (nSPS) is 16.2. The van der Waals surface area contributed by atoms with E-state index in [0.717, 1.165) is 18.4 Å². The van der Waals surface area contributed by atoms with Gasteiger partial charge in [0, 0.05) is 30.2 Å². The lowest BCUT2D eigenvalue weighted by atomic mass is 10.0. The largest absolute Gasteiger partial charge is 0.451 e. The van der Waals surface area contributed by atoms with Crippen LogP contribution in [0.3, 0.4) is 0 Å². The molecule has 1 fully saturated rings. The SMILES string of the molecule is Cc1c(-c2nc(-c3ccccn3)no2)oc2ccc(S(=O)(=O)N3CCC(C)CC3)cc12. The summed E-state index contributed by atoms with van der Waals surface area (Å²) < 4.78 is 39.2. The Labute approximate surface area is 179 Å². The standard InChI is InChI=1S/C22H22N4O4S/c1-14-8-11-26(12-9-14)31(27,28)16-6-7-19-17(13-16)15(2)20(29-19)22-24-21(25-30-22)18-5-3-4-10-23-18/h3-7,10,13-14H,8-9,11-12H2,1-2H3. The third kappa shape index (κ3) is 3.53. The number of aryl methyl sites for hydroxylation is 1. The quantitative estimate of drug-likeness (QED) is 0.469. The summed E-state index contributed by atoms with van der Waals surface area (Å²) in [6.45, 7) is 5.11. The molecule has 0 N–H and O–H groups in total. The number of pyridine rings is 1. The van der Waals surface area contributed by atoms with Gasteiger partial charge in [0.2, 0.25) is 15.8 Å². The van der Waals surface area contributed by atoms with Crippen LogP contribution in [0.25, 0.3) is 34.1 Å². The van der Waals surface area contributed by atoms with Crippen LogP contribution in [0.1, 0.15) is 25.3 Å². The number of fused-ring (bicyclic) bond motifs is 1. The molecular formula is C22H22N4O4S. The summed E-state index contributed by atoms with van der Waals surface area (Å²) >= 11 is 0. The average Bonchev–Trinajstić information content (AvgIpc) is 3.39. The molecule has 1 aliphatic rings. The molecule has 3 aromatic heterocycles. The van der Waals surface area contributed by atoms with Crippen LogP contribution in [0, 0.1) is 12.8 Å². The fraction of sp³-hybridized carbons (Fsp3) is 0.318. The van der Waals surface area contributed by atoms with Gasteiger partial charge in [-0.1, -0.05) is 18.1 Å². The number of rotatable bonds is 4. The lowest BCUT2D eigenvalue weighted by Crippen LogP contribution is -2.37. The van der Waals surface area contributed by atoms with Gasteiger partial charge >= 0.3 is 0 Å². The molecule has 9 heteroatoms. The summed E-state index contributed by atoms with van der Waals surface area (Å²) in [5.74, 6) is 1.56. The minimum Gasteiger partial charge on any atom is -0.451 e. The van der Waals surface area contributed by atoms with Crippen molar-refractivity contribution in [1.82, 2.24) is 19.4 Å². The fourth-order valence-corrected chi connectivity index (χ4v) is 5.35. The number of furan rings is 1. The van der Waals surface area contributed by atoms with E-state index in [9.17, 15) is 8.42 Å². The molecule has 0 spiro atoms. The highest BCUT2D eigenvalue weighted by molar-refractivity contribution is 7.89. The Balaban J connectivity index is 1.50. The van der Waals surface area contributed by atoms with E-state index in [1.165, 1.54) is 0 Å². The molecule has 4 heterocycles. The smallest absolute Gasteiger partial charge is 0.294 e. The van der Waals surface area contributed by atoms with E-state index in [1.54, 1.807) is 34.8 Å². The molecule has 4 aromatic rings. The highest BCUT2D eigenvalue weighted by Crippen LogP contribution is 2.35. The molecular weight excluding hydrogens is 416 g/mol. The van der Waals surface area contributed by atoms with E-state index in [-0.39, 0.29) is 10.8 Å². The van der Waals surface area contributed by atoms with Gasteiger partial charge in [-0.2, -0.15) is 9.29 Å². The first kappa shape index (κ1) is 19.9. The first-order valence-corrected chi connectivity index (χ1v) is 11.7. The van der Waals surface area contributed by atoms with Gasteiger partial charge in [0.1, 0.15) is 11.3 Å². The maximum absolute atomic E-state index is 13.1. The lowest BCUT2D eigenvalue weighted by molar-refractivity contribution is 0.288. The molecule has 0 unspecified atom stereocenters. The third-order valence-corrected chi connectivity index (χ3v) is 7.70. The van der Waals surface area contributed by atoms with E-state index in [2.05, 4.69) is 22.0 Å². The summed E-state index contributed by atoms with van der Waals surface area (Å²) in [7, 11) is -3.55. The van der Waals surface area contributed by atoms with E-state index in [4.69, 9.17) is 8.94 Å². The molecule has 5 rings (SSSR count). The van der Waals surface area contributed by atoms with Gasteiger partial charge in [0.05, 0.1) is 4.90 Å². The molecule has 0 bridgehead atoms. The van der Waals surface area contributed by atoms with E-state index in [1.807, 2.05) is 19.1 Å². The highest BCUT2D eigenvalue weighted by Gasteiger charge is 2.29. The molecule has 8 nitrogen and oxygen atoms in total. The van der Waals surface area contributed by atoms with Gasteiger partial charge in [0.15, 0.2) is 5.76 Å². The molecule has 0 amide bonds. The van der Waals surface area contributed by atoms with E-state index < -0.39 is 10.0 Å². The van der Waals surface area contributed by atoms with Crippen molar-refractivity contribution >= 4 is 21.0 Å². The van der Waals surface area contributed by atoms with Gasteiger partial charge in [-0.15, -0.1) is 0 Å². The summed E-state index contributed by atoms with van der Waals surface area (Å²) in [6.07, 6.45) is 3.42. The van der Waals surface area contributed by atoms with Crippen molar-refractivity contribution in [3.63, 3.8) is 0 Å². The van der Waals surface area contributed by atoms with Crippen LogP contribution in [0.5, 0.6) is 0 Å². The van der Waals surface area contributed by atoms with Gasteiger partial charge < -0.3 is 8.94 Å². The minimum atomic E-state index is -3.55. The van der Waals surface area contributed by atoms with Crippen LogP contribution in [0.2, 0.25) is 0 Å². The second-order valence-electron chi connectivity index (χ2n) is 7.94. The number of benzene rings is 1. The zero-order chi connectivity index (χ0) is 21.6. The average molecular weight is 439 g/mol. The van der Waals surface area contributed by atoms with Crippen molar-refractivity contribution in [1.29, 1.82) is 0 Å². The number of hydrogen-bond acceptors (Lipinski definition) is 7. The van der Waals surface area contributed by atoms with E-state index in [0.29, 0.717) is 47.3 Å². The number of hydrogen-bond donors (Lipinski definition) is 0. The summed E-state index contributed by atoms with van der Waals surface area (Å²) in [4.78, 5) is 8.89. The fourth-order valence-electron chi connectivity index (χ4n) is 3.85. The maximum Gasteiger partial charge on any atom is 0.294 e. The highest BCUT2D eigenvalue weighted by atomic mass is 32.2. The van der Waals surface area contributed by atoms with Crippen LogP contribution < -0.4 is 0 Å². The van der Waals surface area contributed by atoms with Crippen LogP contribution >= 0.6 is 0 Å². The number of aromatic nitrogens is 3. The maximum atomic E-state index is 13.1. The molecule has 1 aromatic carbocycles. The molecule has 0 atom stereocenters. The Morgan fingerprint density at radius 1 is 1.13 bits per heavy atom. The van der Waals surface area contributed by atoms with Crippen molar-refractivity contribution in [3.05, 3.63) is 48.2 Å². The van der Waals surface area contributed by atoms with Gasteiger partial charge in [-0.25, -0.2) is 8.42 Å². The van der Waals surface area contributed by atoms with Crippen molar-refractivity contribution in [2.45, 2.75) is 31.6 Å². The molecule has 1 aliphatic heterocycles. The first-order chi connectivity index (χ1) is 14.9. The Morgan fingerprint density at radius 3 is 2.68 bits per heavy atom. The first-order valence-electron chi connectivity index (χ1n) is 10.2. The zero-order valence-corrected chi connectivity index (χ0v) is 18.1. The van der Waals surface area contributed by atoms with Crippen LogP contribution in [0.15, 0.2) is 56.4 Å². The predicted molar refractivity (Wildman–Crippen MR) is 115 cm³/mol. The van der Waals surface area contributed by atoms with Gasteiger partial charge in [-0.05, 0) is 56.0 Å². The van der Waals surface area contributed by atoms with Crippen molar-refractivity contribution in [3.8, 4) is 23.2 Å². The van der Waals surface area contributed by atoms with Gasteiger partial charge in [-0.3, -0.25) is 4.98 Å². The molecule has 0 radical (unpaired) electrons. The lowest BCUT2D eigenvalue weighted by Gasteiger charge is -2.29. The molecule has 1 saturated heterocycles. The number of piperidine rings is 1. The molecule has 31 heavy (non-hydrogen) atoms. The zero-order valence-electron chi connectivity index (χ0n) is 17.3. The minimum absolute atomic E-state index is 0.226. The second-order valence-corrected chi connectivity index (χ2v) is 9.88. The Morgan fingerprint density at radius 2 is 1.94 bits per heavy atom. The number of sulfonamides is 1. The number of nitrogens with zero attached hydrogens (tertiary/aromatic N) is 4. The summed E-state index contributed by atoms with van der Waals surface area (Å²) in [5, 5.41) is 4.69. The summed E-state index contributed by atoms with van der Waals surface area (Å²) in [5.41, 5.74) is 1.90. The van der Waals surface area contributed by atoms with Crippen LogP contribution in [-0.2, 0) is 10.0 Å². The van der Waals surface area contributed by atoms with Gasteiger partial charge in [0.25, 0.3) is 5.89 Å². The van der Waals surface area contributed by atoms with Crippen molar-refractivity contribution in [2.75, 3.05) is 13.1 Å². The molecule has 0 saturated carbocycles. The Bertz CT molecular complexity index is 1340. The topological polar surface area (TPSA) is 102 Å². The molecule has 160 valence electrons. The Kier molecular flexibility index (Phi) is 4.86. The van der Waals surface area contributed by atoms with Crippen molar-refractivity contribution in [2.24, 2.45) is 5.92 Å². The third-order valence-electron chi connectivity index (χ3n) is 5.80. The van der Waals surface area contributed by atoms with E-state index >= 15 is 0 Å². The molecule has 0 aliphatic carbocycles. The Hall–Kier alpha value is -3.04. The van der Waals surface area contributed by atoms with Crippen LogP contribution in [-0.4, -0.2) is 40.9 Å². The monoisotopic (exact) mass is 438 g/mol.